The van der Waals surface area contributed by atoms with Gasteiger partial charge in [0, 0.05) is 54.9 Å². The van der Waals surface area contributed by atoms with Crippen LogP contribution < -0.4 is 0 Å². The highest BCUT2D eigenvalue weighted by molar-refractivity contribution is 6.11. The average molecular weight is 1110 g/mol. The van der Waals surface area contributed by atoms with Gasteiger partial charge < -0.3 is 9.13 Å². The van der Waals surface area contributed by atoms with E-state index in [9.17, 15) is 13.2 Å². The number of benzene rings is 11. The molecule has 0 saturated carbocycles. The maximum absolute atomic E-state index is 14.4. The van der Waals surface area contributed by atoms with Crippen molar-refractivity contribution in [3.63, 3.8) is 0 Å². The summed E-state index contributed by atoms with van der Waals surface area (Å²) in [4.78, 5) is 31.2. The van der Waals surface area contributed by atoms with Crippen molar-refractivity contribution < 1.29 is 13.2 Å². The summed E-state index contributed by atoms with van der Waals surface area (Å²) in [5.74, 6) is 2.95. The van der Waals surface area contributed by atoms with E-state index in [1.807, 2.05) is 156 Å². The van der Waals surface area contributed by atoms with Gasteiger partial charge in [0.15, 0.2) is 34.9 Å². The van der Waals surface area contributed by atoms with Crippen LogP contribution in [0.4, 0.5) is 13.2 Å². The second-order valence-corrected chi connectivity index (χ2v) is 21.1. The quantitative estimate of drug-likeness (QED) is 0.136. The van der Waals surface area contributed by atoms with E-state index >= 15 is 0 Å². The smallest absolute Gasteiger partial charge is 0.309 e. The summed E-state index contributed by atoms with van der Waals surface area (Å²) in [7, 11) is 0. The molecule has 85 heavy (non-hydrogen) atoms. The SMILES string of the molecule is Cc1ccc2c(c1)c1ccccc1n2-c1ccc(-c2cccc(-c3ccc(-n4c5ccccc5c5cc(C(F)(F)F)ccc54)c(-c4nc(-c5ccccc5)nc(-c5ccccc5)n4)c3)c2)cc1-c1nc(-c2ccccc2)nc(-c2ccccc2)n1. The summed E-state index contributed by atoms with van der Waals surface area (Å²) in [6.07, 6.45) is -4.54. The van der Waals surface area contributed by atoms with Crippen LogP contribution in [0.15, 0.2) is 267 Å². The van der Waals surface area contributed by atoms with Gasteiger partial charge in [-0.3, -0.25) is 0 Å². The number of aromatic nitrogens is 8. The minimum Gasteiger partial charge on any atom is -0.309 e. The molecule has 0 aliphatic rings. The van der Waals surface area contributed by atoms with Crippen molar-refractivity contribution in [3.8, 4) is 102 Å². The minimum absolute atomic E-state index is 0.390. The van der Waals surface area contributed by atoms with Gasteiger partial charge in [0.05, 0.1) is 39.0 Å². The lowest BCUT2D eigenvalue weighted by Crippen LogP contribution is -2.05. The third kappa shape index (κ3) is 9.24. The van der Waals surface area contributed by atoms with Crippen molar-refractivity contribution in [2.45, 2.75) is 13.1 Å². The topological polar surface area (TPSA) is 87.2 Å². The average Bonchev–Trinajstić information content (AvgIpc) is 2.01. The molecule has 0 saturated heterocycles. The lowest BCUT2D eigenvalue weighted by atomic mass is 9.95. The Bertz CT molecular complexity index is 4940. The zero-order valence-corrected chi connectivity index (χ0v) is 45.6. The number of aryl methyl sites for hydroxylation is 1. The Morgan fingerprint density at radius 2 is 0.612 bits per heavy atom. The molecule has 11 heteroatoms. The normalized spacial score (nSPS) is 11.8. The van der Waals surface area contributed by atoms with Crippen LogP contribution in [0.3, 0.4) is 0 Å². The van der Waals surface area contributed by atoms with Crippen LogP contribution in [0.2, 0.25) is 0 Å². The van der Waals surface area contributed by atoms with E-state index < -0.39 is 11.7 Å². The fraction of sp³-hybridized carbons (Fsp3) is 0.0270. The van der Waals surface area contributed by atoms with Crippen LogP contribution in [0.5, 0.6) is 0 Å². The lowest BCUT2D eigenvalue weighted by Gasteiger charge is -2.17. The van der Waals surface area contributed by atoms with Gasteiger partial charge in [-0.05, 0) is 102 Å². The molecule has 15 aromatic rings. The van der Waals surface area contributed by atoms with E-state index in [1.165, 1.54) is 11.6 Å². The van der Waals surface area contributed by atoms with Gasteiger partial charge in [-0.25, -0.2) is 29.9 Å². The molecule has 0 spiro atoms. The zero-order valence-electron chi connectivity index (χ0n) is 45.6. The molecule has 8 nitrogen and oxygen atoms in total. The van der Waals surface area contributed by atoms with Gasteiger partial charge >= 0.3 is 6.18 Å². The first-order chi connectivity index (χ1) is 41.7. The van der Waals surface area contributed by atoms with Gasteiger partial charge in [0.1, 0.15) is 0 Å². The molecule has 0 N–H and O–H groups in total. The Kier molecular flexibility index (Phi) is 12.3. The van der Waals surface area contributed by atoms with Gasteiger partial charge in [-0.15, -0.1) is 0 Å². The minimum atomic E-state index is -4.54. The second kappa shape index (κ2) is 20.7. The standard InChI is InChI=1S/C74H47F3N8/c1-46-33-37-64-58(41-46)56-29-14-16-31-62(56)84(64)66-38-34-53(43-60(66)72-80-68(47-19-6-2-7-20-47)78-69(81-72)48-21-8-3-9-22-48)51-27-18-28-52(42-51)54-35-39-67(85-63-32-17-15-30-57(63)59-45-55(74(75,76)77)36-40-65(59)85)61(44-54)73-82-70(49-23-10-4-11-24-49)79-71(83-73)50-25-12-5-13-26-50/h2-45H,1H3. The highest BCUT2D eigenvalue weighted by Crippen LogP contribution is 2.43. The van der Waals surface area contributed by atoms with Crippen molar-refractivity contribution in [2.24, 2.45) is 0 Å². The highest BCUT2D eigenvalue weighted by Gasteiger charge is 2.32. The molecule has 4 heterocycles. The zero-order chi connectivity index (χ0) is 57.2. The Labute approximate surface area is 486 Å². The molecular formula is C74H47F3N8. The van der Waals surface area contributed by atoms with Gasteiger partial charge in [0.2, 0.25) is 0 Å². The summed E-state index contributed by atoms with van der Waals surface area (Å²) in [6, 6.07) is 87.2. The molecule has 0 atom stereocenters. The fourth-order valence-corrected chi connectivity index (χ4v) is 11.7. The molecule has 0 fully saturated rings. The number of fused-ring (bicyclic) bond motifs is 6. The van der Waals surface area contributed by atoms with E-state index in [0.717, 1.165) is 89.1 Å². The summed E-state index contributed by atoms with van der Waals surface area (Å²) in [5.41, 5.74) is 13.9. The Morgan fingerprint density at radius 1 is 0.271 bits per heavy atom. The van der Waals surface area contributed by atoms with Gasteiger partial charge in [-0.1, -0.05) is 200 Å². The number of hydrogen-bond acceptors (Lipinski definition) is 6. The molecule has 0 aliphatic heterocycles. The molecule has 11 aromatic carbocycles. The van der Waals surface area contributed by atoms with Crippen molar-refractivity contribution in [1.82, 2.24) is 39.0 Å². The van der Waals surface area contributed by atoms with Crippen LogP contribution in [0, 0.1) is 6.92 Å². The molecule has 0 amide bonds. The number of nitrogens with zero attached hydrogens (tertiary/aromatic N) is 8. The first-order valence-electron chi connectivity index (χ1n) is 27.9. The first kappa shape index (κ1) is 50.8. The van der Waals surface area contributed by atoms with Crippen molar-refractivity contribution in [1.29, 1.82) is 0 Å². The van der Waals surface area contributed by atoms with Gasteiger partial charge in [0.25, 0.3) is 0 Å². The third-order valence-electron chi connectivity index (χ3n) is 15.7. The Hall–Kier alpha value is -11.2. The van der Waals surface area contributed by atoms with E-state index in [4.69, 9.17) is 29.9 Å². The Morgan fingerprint density at radius 3 is 1.04 bits per heavy atom. The summed E-state index contributed by atoms with van der Waals surface area (Å²) in [5, 5.41) is 3.44. The third-order valence-corrected chi connectivity index (χ3v) is 15.7. The summed E-state index contributed by atoms with van der Waals surface area (Å²) >= 11 is 0. The molecule has 0 bridgehead atoms. The number of para-hydroxylation sites is 2. The maximum Gasteiger partial charge on any atom is 0.416 e. The summed E-state index contributed by atoms with van der Waals surface area (Å²) < 4.78 is 47.6. The molecule has 0 aliphatic carbocycles. The lowest BCUT2D eigenvalue weighted by molar-refractivity contribution is -0.137. The maximum atomic E-state index is 14.4. The first-order valence-corrected chi connectivity index (χ1v) is 27.9. The number of hydrogen-bond donors (Lipinski definition) is 0. The second-order valence-electron chi connectivity index (χ2n) is 21.1. The monoisotopic (exact) mass is 1100 g/mol. The Balaban J connectivity index is 0.946. The molecule has 404 valence electrons. The predicted molar refractivity (Wildman–Crippen MR) is 335 cm³/mol. The fourth-order valence-electron chi connectivity index (χ4n) is 11.7. The van der Waals surface area contributed by atoms with Crippen molar-refractivity contribution >= 4 is 43.6 Å². The van der Waals surface area contributed by atoms with E-state index in [1.54, 1.807) is 6.07 Å². The molecule has 15 rings (SSSR count). The molecule has 0 unspecified atom stereocenters. The van der Waals surface area contributed by atoms with Crippen LogP contribution >= 0.6 is 0 Å². The van der Waals surface area contributed by atoms with E-state index in [0.29, 0.717) is 62.5 Å². The number of alkyl halides is 3. The molecular weight excluding hydrogens is 1060 g/mol. The van der Waals surface area contributed by atoms with E-state index in [-0.39, 0.29) is 0 Å². The molecule has 4 aromatic heterocycles. The largest absolute Gasteiger partial charge is 0.416 e. The van der Waals surface area contributed by atoms with Crippen LogP contribution in [-0.4, -0.2) is 39.0 Å². The van der Waals surface area contributed by atoms with Gasteiger partial charge in [-0.2, -0.15) is 13.2 Å². The van der Waals surface area contributed by atoms with Crippen LogP contribution in [0.1, 0.15) is 11.1 Å². The van der Waals surface area contributed by atoms with Crippen molar-refractivity contribution in [3.05, 3.63) is 278 Å². The van der Waals surface area contributed by atoms with Crippen LogP contribution in [-0.2, 0) is 6.18 Å². The number of rotatable bonds is 10. The number of halogens is 3. The van der Waals surface area contributed by atoms with Crippen molar-refractivity contribution in [2.75, 3.05) is 0 Å². The summed E-state index contributed by atoms with van der Waals surface area (Å²) in [6.45, 7) is 2.12. The highest BCUT2D eigenvalue weighted by atomic mass is 19.4. The van der Waals surface area contributed by atoms with E-state index in [2.05, 4.69) is 109 Å². The van der Waals surface area contributed by atoms with Crippen LogP contribution in [0.25, 0.3) is 146 Å². The molecule has 0 radical (unpaired) electrons. The predicted octanol–water partition coefficient (Wildman–Crippen LogP) is 18.9.